The van der Waals surface area contributed by atoms with Crippen molar-refractivity contribution in [2.75, 3.05) is 12.8 Å². The summed E-state index contributed by atoms with van der Waals surface area (Å²) in [6.45, 7) is 7.00. The number of hydrogen-bond acceptors (Lipinski definition) is 2. The third kappa shape index (κ3) is 4.78. The Morgan fingerprint density at radius 2 is 2.07 bits per heavy atom. The molecule has 1 N–H and O–H groups in total. The Morgan fingerprint density at radius 3 is 2.60 bits per heavy atom. The fraction of sp³-hybridized carbons (Fsp3) is 1.00. The average Bonchev–Trinajstić information content (AvgIpc) is 2.18. The van der Waals surface area contributed by atoms with Crippen molar-refractivity contribution in [2.24, 2.45) is 11.8 Å². The zero-order chi connectivity index (χ0) is 11.3. The summed E-state index contributed by atoms with van der Waals surface area (Å²) in [5.74, 6) is 3.15. The average molecular weight is 229 g/mol. The normalized spacial score (nSPS) is 29.4. The van der Waals surface area contributed by atoms with Crippen molar-refractivity contribution in [3.8, 4) is 0 Å². The van der Waals surface area contributed by atoms with Gasteiger partial charge in [-0.2, -0.15) is 11.8 Å². The van der Waals surface area contributed by atoms with Gasteiger partial charge in [-0.05, 0) is 37.0 Å². The minimum Gasteiger partial charge on any atom is -0.316 e. The van der Waals surface area contributed by atoms with Crippen molar-refractivity contribution in [1.29, 1.82) is 0 Å². The van der Waals surface area contributed by atoms with Crippen molar-refractivity contribution in [3.05, 3.63) is 0 Å². The van der Waals surface area contributed by atoms with Crippen molar-refractivity contribution < 1.29 is 0 Å². The van der Waals surface area contributed by atoms with Crippen molar-refractivity contribution in [3.63, 3.8) is 0 Å². The first-order valence-electron chi connectivity index (χ1n) is 6.42. The van der Waals surface area contributed by atoms with Gasteiger partial charge in [0.2, 0.25) is 0 Å². The van der Waals surface area contributed by atoms with E-state index in [-0.39, 0.29) is 0 Å². The first kappa shape index (κ1) is 13.4. The Bertz CT molecular complexity index is 170. The van der Waals surface area contributed by atoms with Gasteiger partial charge < -0.3 is 5.32 Å². The minimum absolute atomic E-state index is 0.736. The molecule has 1 fully saturated rings. The first-order valence-corrected chi connectivity index (χ1v) is 7.47. The van der Waals surface area contributed by atoms with E-state index >= 15 is 0 Å². The van der Waals surface area contributed by atoms with Crippen LogP contribution in [0.2, 0.25) is 0 Å². The lowest BCUT2D eigenvalue weighted by Crippen LogP contribution is -2.38. The van der Waals surface area contributed by atoms with Gasteiger partial charge in [0.1, 0.15) is 0 Å². The standard InChI is InChI=1S/C13H27NS/c1-10(2)15-9-13(14-4)12-7-5-6-11(3)8-12/h10-14H,5-9H2,1-4H3. The maximum atomic E-state index is 3.53. The molecule has 0 aliphatic heterocycles. The van der Waals surface area contributed by atoms with Gasteiger partial charge in [-0.1, -0.05) is 33.6 Å². The molecule has 0 saturated heterocycles. The second kappa shape index (κ2) is 6.80. The van der Waals surface area contributed by atoms with Crippen LogP contribution in [0.15, 0.2) is 0 Å². The van der Waals surface area contributed by atoms with Crippen molar-refractivity contribution in [1.82, 2.24) is 5.32 Å². The predicted molar refractivity (Wildman–Crippen MR) is 71.6 cm³/mol. The van der Waals surface area contributed by atoms with Crippen LogP contribution in [0.3, 0.4) is 0 Å². The highest BCUT2D eigenvalue weighted by Crippen LogP contribution is 2.32. The maximum Gasteiger partial charge on any atom is 0.0183 e. The second-order valence-electron chi connectivity index (χ2n) is 5.31. The van der Waals surface area contributed by atoms with Crippen LogP contribution in [0.25, 0.3) is 0 Å². The van der Waals surface area contributed by atoms with Gasteiger partial charge in [0.05, 0.1) is 0 Å². The Kier molecular flexibility index (Phi) is 6.06. The van der Waals surface area contributed by atoms with Gasteiger partial charge in [0, 0.05) is 11.8 Å². The molecule has 90 valence electrons. The number of nitrogens with one attached hydrogen (secondary N) is 1. The topological polar surface area (TPSA) is 12.0 Å². The van der Waals surface area contributed by atoms with E-state index in [9.17, 15) is 0 Å². The molecule has 0 radical (unpaired) electrons. The van der Waals surface area contributed by atoms with E-state index in [1.807, 2.05) is 0 Å². The molecule has 1 nitrogen and oxygen atoms in total. The molecular formula is C13H27NS. The molecule has 0 bridgehead atoms. The molecule has 0 amide bonds. The lowest BCUT2D eigenvalue weighted by molar-refractivity contribution is 0.240. The van der Waals surface area contributed by atoms with Crippen LogP contribution in [0.5, 0.6) is 0 Å². The van der Waals surface area contributed by atoms with Gasteiger partial charge in [-0.25, -0.2) is 0 Å². The largest absolute Gasteiger partial charge is 0.316 e. The van der Waals surface area contributed by atoms with Gasteiger partial charge in [-0.3, -0.25) is 0 Å². The van der Waals surface area contributed by atoms with Crippen LogP contribution < -0.4 is 5.32 Å². The summed E-state index contributed by atoms with van der Waals surface area (Å²) >= 11 is 2.10. The van der Waals surface area contributed by atoms with E-state index in [0.29, 0.717) is 0 Å². The van der Waals surface area contributed by atoms with Gasteiger partial charge in [0.25, 0.3) is 0 Å². The van der Waals surface area contributed by atoms with E-state index in [0.717, 1.165) is 23.1 Å². The monoisotopic (exact) mass is 229 g/mol. The van der Waals surface area contributed by atoms with Crippen molar-refractivity contribution in [2.45, 2.75) is 57.7 Å². The third-order valence-corrected chi connectivity index (χ3v) is 4.74. The van der Waals surface area contributed by atoms with Gasteiger partial charge in [-0.15, -0.1) is 0 Å². The van der Waals surface area contributed by atoms with E-state index < -0.39 is 0 Å². The van der Waals surface area contributed by atoms with Crippen LogP contribution in [0, 0.1) is 11.8 Å². The minimum atomic E-state index is 0.736. The smallest absolute Gasteiger partial charge is 0.0183 e. The molecular weight excluding hydrogens is 202 g/mol. The molecule has 0 aromatic carbocycles. The van der Waals surface area contributed by atoms with Crippen LogP contribution in [-0.4, -0.2) is 24.1 Å². The second-order valence-corrected chi connectivity index (χ2v) is 6.92. The van der Waals surface area contributed by atoms with E-state index in [2.05, 4.69) is 44.9 Å². The molecule has 1 aliphatic rings. The van der Waals surface area contributed by atoms with Gasteiger partial charge >= 0.3 is 0 Å². The number of thioether (sulfide) groups is 1. The summed E-state index contributed by atoms with van der Waals surface area (Å²) in [6.07, 6.45) is 5.76. The zero-order valence-corrected chi connectivity index (χ0v) is 11.6. The lowest BCUT2D eigenvalue weighted by atomic mass is 9.79. The summed E-state index contributed by atoms with van der Waals surface area (Å²) in [5, 5.41) is 4.29. The first-order chi connectivity index (χ1) is 7.13. The fourth-order valence-corrected chi connectivity index (χ4v) is 3.63. The van der Waals surface area contributed by atoms with Crippen molar-refractivity contribution >= 4 is 11.8 Å². The third-order valence-electron chi connectivity index (χ3n) is 3.53. The highest BCUT2D eigenvalue weighted by molar-refractivity contribution is 7.99. The molecule has 3 atom stereocenters. The Morgan fingerprint density at radius 1 is 1.33 bits per heavy atom. The van der Waals surface area contributed by atoms with Crippen LogP contribution in [-0.2, 0) is 0 Å². The predicted octanol–water partition coefficient (Wildman–Crippen LogP) is 3.54. The van der Waals surface area contributed by atoms with Crippen LogP contribution in [0.4, 0.5) is 0 Å². The van der Waals surface area contributed by atoms with Crippen LogP contribution in [0.1, 0.15) is 46.5 Å². The van der Waals surface area contributed by atoms with Gasteiger partial charge in [0.15, 0.2) is 0 Å². The summed E-state index contributed by atoms with van der Waals surface area (Å²) in [6, 6.07) is 0.736. The highest BCUT2D eigenvalue weighted by atomic mass is 32.2. The molecule has 0 aromatic heterocycles. The number of hydrogen-bond donors (Lipinski definition) is 1. The Labute approximate surface area is 99.8 Å². The maximum absolute atomic E-state index is 3.53. The van der Waals surface area contributed by atoms with E-state index in [1.54, 1.807) is 0 Å². The lowest BCUT2D eigenvalue weighted by Gasteiger charge is -2.33. The molecule has 1 rings (SSSR count). The number of rotatable bonds is 5. The molecule has 1 aliphatic carbocycles. The Balaban J connectivity index is 2.35. The fourth-order valence-electron chi connectivity index (χ4n) is 2.60. The summed E-state index contributed by atoms with van der Waals surface area (Å²) in [7, 11) is 2.13. The van der Waals surface area contributed by atoms with E-state index in [4.69, 9.17) is 0 Å². The van der Waals surface area contributed by atoms with E-state index in [1.165, 1.54) is 31.4 Å². The highest BCUT2D eigenvalue weighted by Gasteiger charge is 2.25. The molecule has 3 unspecified atom stereocenters. The summed E-state index contributed by atoms with van der Waals surface area (Å²) in [5.41, 5.74) is 0. The zero-order valence-electron chi connectivity index (χ0n) is 10.8. The molecule has 15 heavy (non-hydrogen) atoms. The quantitative estimate of drug-likeness (QED) is 0.774. The molecule has 0 aromatic rings. The Hall–Kier alpha value is 0.310. The molecule has 0 heterocycles. The molecule has 0 spiro atoms. The molecule has 2 heteroatoms. The summed E-state index contributed by atoms with van der Waals surface area (Å²) < 4.78 is 0. The van der Waals surface area contributed by atoms with Crippen LogP contribution >= 0.6 is 11.8 Å². The summed E-state index contributed by atoms with van der Waals surface area (Å²) in [4.78, 5) is 0. The molecule has 1 saturated carbocycles. The SMILES string of the molecule is CNC(CSC(C)C)C1CCCC(C)C1.